The summed E-state index contributed by atoms with van der Waals surface area (Å²) in [7, 11) is 0. The smallest absolute Gasteiger partial charge is 0.326 e. The predicted octanol–water partition coefficient (Wildman–Crippen LogP) is 1.41. The van der Waals surface area contributed by atoms with Gasteiger partial charge in [0, 0.05) is 13.0 Å². The van der Waals surface area contributed by atoms with Gasteiger partial charge in [0.05, 0.1) is 6.61 Å². The normalized spacial score (nSPS) is 24.8. The topological polar surface area (TPSA) is 81.8 Å². The van der Waals surface area contributed by atoms with Gasteiger partial charge >= 0.3 is 5.97 Å². The minimum absolute atomic E-state index is 0.0666. The first-order chi connectivity index (χ1) is 10.1. The molecule has 1 fully saturated rings. The van der Waals surface area contributed by atoms with Gasteiger partial charge in [-0.2, -0.15) is 0 Å². The molecule has 2 unspecified atom stereocenters. The van der Waals surface area contributed by atoms with E-state index in [-0.39, 0.29) is 18.7 Å². The second kappa shape index (κ2) is 6.91. The summed E-state index contributed by atoms with van der Waals surface area (Å²) in [6, 6.07) is 7.63. The van der Waals surface area contributed by atoms with Crippen molar-refractivity contribution in [3.8, 4) is 5.75 Å². The van der Waals surface area contributed by atoms with Crippen molar-refractivity contribution < 1.29 is 19.4 Å². The Balaban J connectivity index is 1.91. The van der Waals surface area contributed by atoms with E-state index in [2.05, 4.69) is 0 Å². The molecular formula is C16H23NO4. The average Bonchev–Trinajstić information content (AvgIpc) is 2.84. The molecular weight excluding hydrogens is 270 g/mol. The van der Waals surface area contributed by atoms with Gasteiger partial charge in [-0.25, -0.2) is 0 Å². The van der Waals surface area contributed by atoms with Crippen molar-refractivity contribution in [2.75, 3.05) is 13.2 Å². The summed E-state index contributed by atoms with van der Waals surface area (Å²) < 4.78 is 10.9. The number of esters is 1. The molecule has 5 nitrogen and oxygen atoms in total. The summed E-state index contributed by atoms with van der Waals surface area (Å²) in [4.78, 5) is 11.9. The number of carbonyl (C=O) groups excluding carboxylic acids is 1. The Morgan fingerprint density at radius 2 is 2.14 bits per heavy atom. The molecule has 0 spiro atoms. The molecule has 5 heteroatoms. The molecule has 2 rings (SSSR count). The van der Waals surface area contributed by atoms with E-state index in [1.165, 1.54) is 0 Å². The Labute approximate surface area is 125 Å². The van der Waals surface area contributed by atoms with Crippen LogP contribution in [0.25, 0.3) is 0 Å². The second-order valence-electron chi connectivity index (χ2n) is 5.48. The van der Waals surface area contributed by atoms with Crippen LogP contribution in [-0.4, -0.2) is 35.9 Å². The van der Waals surface area contributed by atoms with E-state index in [0.717, 1.165) is 17.7 Å². The van der Waals surface area contributed by atoms with Crippen LogP contribution in [0.1, 0.15) is 31.7 Å². The summed E-state index contributed by atoms with van der Waals surface area (Å²) >= 11 is 0. The van der Waals surface area contributed by atoms with Gasteiger partial charge < -0.3 is 20.3 Å². The van der Waals surface area contributed by atoms with Crippen LogP contribution in [0, 0.1) is 0 Å². The lowest BCUT2D eigenvalue weighted by molar-refractivity contribution is -0.149. The molecule has 0 saturated heterocycles. The molecule has 1 aliphatic rings. The van der Waals surface area contributed by atoms with Crippen molar-refractivity contribution in [1.82, 2.24) is 0 Å². The Morgan fingerprint density at radius 1 is 1.43 bits per heavy atom. The third-order valence-corrected chi connectivity index (χ3v) is 3.81. The number of benzene rings is 1. The lowest BCUT2D eigenvalue weighted by atomic mass is 9.99. The van der Waals surface area contributed by atoms with E-state index in [9.17, 15) is 4.79 Å². The zero-order valence-electron chi connectivity index (χ0n) is 12.4. The molecule has 1 aromatic carbocycles. The first-order valence-electron chi connectivity index (χ1n) is 7.40. The lowest BCUT2D eigenvalue weighted by Crippen LogP contribution is -2.47. The molecule has 0 aromatic heterocycles. The van der Waals surface area contributed by atoms with Crippen molar-refractivity contribution in [1.29, 1.82) is 0 Å². The molecule has 1 saturated carbocycles. The van der Waals surface area contributed by atoms with Gasteiger partial charge in [-0.3, -0.25) is 4.79 Å². The van der Waals surface area contributed by atoms with Gasteiger partial charge in [-0.1, -0.05) is 12.1 Å². The van der Waals surface area contributed by atoms with E-state index < -0.39 is 5.54 Å². The van der Waals surface area contributed by atoms with Crippen LogP contribution in [0.4, 0.5) is 0 Å². The maximum absolute atomic E-state index is 11.9. The van der Waals surface area contributed by atoms with Gasteiger partial charge in [0.1, 0.15) is 17.4 Å². The fraction of sp³-hybridized carbons (Fsp3) is 0.562. The number of carbonyl (C=O) groups is 1. The molecule has 116 valence electrons. The van der Waals surface area contributed by atoms with Crippen molar-refractivity contribution in [2.24, 2.45) is 5.73 Å². The lowest BCUT2D eigenvalue weighted by Gasteiger charge is -2.21. The number of nitrogens with two attached hydrogens (primary N) is 1. The Morgan fingerprint density at radius 3 is 2.76 bits per heavy atom. The van der Waals surface area contributed by atoms with E-state index >= 15 is 0 Å². The van der Waals surface area contributed by atoms with Gasteiger partial charge in [0.2, 0.25) is 0 Å². The second-order valence-corrected chi connectivity index (χ2v) is 5.48. The standard InChI is InChI=1S/C16H23NO4/c1-2-20-15(19)16(17)9-7-14(11-16)21-13-5-3-12(4-6-13)8-10-18/h3-6,14,18H,2,7-11,17H2,1H3. The fourth-order valence-electron chi connectivity index (χ4n) is 2.65. The number of aliphatic hydroxyl groups is 1. The molecule has 0 bridgehead atoms. The maximum atomic E-state index is 11.9. The van der Waals surface area contributed by atoms with Crippen molar-refractivity contribution in [2.45, 2.75) is 44.2 Å². The Bertz CT molecular complexity index is 474. The SMILES string of the molecule is CCOC(=O)C1(N)CCC(Oc2ccc(CCO)cc2)C1. The Hall–Kier alpha value is -1.59. The van der Waals surface area contributed by atoms with Gasteiger partial charge in [0.25, 0.3) is 0 Å². The van der Waals surface area contributed by atoms with Crippen LogP contribution in [0.15, 0.2) is 24.3 Å². The third kappa shape index (κ3) is 3.95. The van der Waals surface area contributed by atoms with E-state index in [1.54, 1.807) is 6.92 Å². The van der Waals surface area contributed by atoms with Crippen LogP contribution >= 0.6 is 0 Å². The quantitative estimate of drug-likeness (QED) is 0.775. The fourth-order valence-corrected chi connectivity index (χ4v) is 2.65. The predicted molar refractivity (Wildman–Crippen MR) is 79.1 cm³/mol. The third-order valence-electron chi connectivity index (χ3n) is 3.81. The van der Waals surface area contributed by atoms with E-state index in [1.807, 2.05) is 24.3 Å². The molecule has 21 heavy (non-hydrogen) atoms. The molecule has 0 heterocycles. The van der Waals surface area contributed by atoms with Crippen molar-refractivity contribution in [3.05, 3.63) is 29.8 Å². The largest absolute Gasteiger partial charge is 0.490 e. The van der Waals surface area contributed by atoms with Crippen molar-refractivity contribution >= 4 is 5.97 Å². The zero-order valence-corrected chi connectivity index (χ0v) is 12.4. The molecule has 0 radical (unpaired) electrons. The average molecular weight is 293 g/mol. The molecule has 2 atom stereocenters. The summed E-state index contributed by atoms with van der Waals surface area (Å²) in [5, 5.41) is 8.88. The minimum Gasteiger partial charge on any atom is -0.490 e. The first kappa shape index (κ1) is 15.8. The van der Waals surface area contributed by atoms with Gasteiger partial charge in [-0.05, 0) is 43.9 Å². The Kier molecular flexibility index (Phi) is 5.20. The van der Waals surface area contributed by atoms with E-state index in [0.29, 0.717) is 25.9 Å². The van der Waals surface area contributed by atoms with Gasteiger partial charge in [-0.15, -0.1) is 0 Å². The molecule has 1 aliphatic carbocycles. The number of rotatable bonds is 6. The first-order valence-corrected chi connectivity index (χ1v) is 7.40. The monoisotopic (exact) mass is 293 g/mol. The zero-order chi connectivity index (χ0) is 15.3. The summed E-state index contributed by atoms with van der Waals surface area (Å²) in [6.07, 6.45) is 2.37. The highest BCUT2D eigenvalue weighted by molar-refractivity contribution is 5.81. The number of aliphatic hydroxyl groups excluding tert-OH is 1. The highest BCUT2D eigenvalue weighted by atomic mass is 16.5. The van der Waals surface area contributed by atoms with Crippen LogP contribution < -0.4 is 10.5 Å². The van der Waals surface area contributed by atoms with Crippen LogP contribution in [0.5, 0.6) is 5.75 Å². The highest BCUT2D eigenvalue weighted by Crippen LogP contribution is 2.32. The van der Waals surface area contributed by atoms with Crippen LogP contribution in [0.3, 0.4) is 0 Å². The maximum Gasteiger partial charge on any atom is 0.326 e. The molecule has 0 aliphatic heterocycles. The molecule has 0 amide bonds. The van der Waals surface area contributed by atoms with Crippen LogP contribution in [-0.2, 0) is 16.0 Å². The number of hydrogen-bond acceptors (Lipinski definition) is 5. The molecule has 1 aromatic rings. The number of hydrogen-bond donors (Lipinski definition) is 2. The van der Waals surface area contributed by atoms with Gasteiger partial charge in [0.15, 0.2) is 0 Å². The van der Waals surface area contributed by atoms with Crippen LogP contribution in [0.2, 0.25) is 0 Å². The van der Waals surface area contributed by atoms with E-state index in [4.69, 9.17) is 20.3 Å². The summed E-state index contributed by atoms with van der Waals surface area (Å²) in [6.45, 7) is 2.26. The number of ether oxygens (including phenoxy) is 2. The molecule has 3 N–H and O–H groups in total. The minimum atomic E-state index is -0.919. The highest BCUT2D eigenvalue weighted by Gasteiger charge is 2.44. The van der Waals surface area contributed by atoms with Crippen molar-refractivity contribution in [3.63, 3.8) is 0 Å². The summed E-state index contributed by atoms with van der Waals surface area (Å²) in [5.41, 5.74) is 6.26. The summed E-state index contributed by atoms with van der Waals surface area (Å²) in [5.74, 6) is 0.421.